The van der Waals surface area contributed by atoms with E-state index < -0.39 is 0 Å². The van der Waals surface area contributed by atoms with Gasteiger partial charge in [0.1, 0.15) is 6.33 Å². The molecule has 1 aliphatic carbocycles. The minimum absolute atomic E-state index is 0.0590. The summed E-state index contributed by atoms with van der Waals surface area (Å²) in [7, 11) is 0. The standard InChI is InChI=1S/C24H29N5OS/c1-2-18-8-6-7-11-22(18)29-17-25-28-24(29)31-16-23(30)27-21-14-12-20(13-15-21)26-19-9-4-3-5-10-19/h6-8,11-15,17,19,26H,2-5,9-10,16H2,1H3,(H,27,30). The van der Waals surface area contributed by atoms with Crippen molar-refractivity contribution in [3.8, 4) is 5.69 Å². The SMILES string of the molecule is CCc1ccccc1-n1cnnc1SCC(=O)Nc1ccc(NC2CCCCC2)cc1. The summed E-state index contributed by atoms with van der Waals surface area (Å²) < 4.78 is 1.95. The fraction of sp³-hybridized carbons (Fsp3) is 0.375. The van der Waals surface area contributed by atoms with Crippen molar-refractivity contribution in [2.75, 3.05) is 16.4 Å². The van der Waals surface area contributed by atoms with Crippen molar-refractivity contribution in [3.63, 3.8) is 0 Å². The molecule has 1 aromatic heterocycles. The van der Waals surface area contributed by atoms with Crippen LogP contribution >= 0.6 is 11.8 Å². The van der Waals surface area contributed by atoms with Gasteiger partial charge >= 0.3 is 0 Å². The summed E-state index contributed by atoms with van der Waals surface area (Å²) in [5, 5.41) is 15.5. The number of para-hydroxylation sites is 1. The van der Waals surface area contributed by atoms with Crippen LogP contribution in [0.25, 0.3) is 5.69 Å². The van der Waals surface area contributed by atoms with E-state index in [4.69, 9.17) is 0 Å². The van der Waals surface area contributed by atoms with Gasteiger partial charge < -0.3 is 10.6 Å². The first-order chi connectivity index (χ1) is 15.2. The molecule has 0 radical (unpaired) electrons. The fourth-order valence-corrected chi connectivity index (χ4v) is 4.71. The molecule has 2 N–H and O–H groups in total. The Kier molecular flexibility index (Phi) is 7.25. The van der Waals surface area contributed by atoms with Crippen LogP contribution in [-0.4, -0.2) is 32.5 Å². The molecular formula is C24H29N5OS. The number of benzene rings is 2. The molecule has 4 rings (SSSR count). The zero-order chi connectivity index (χ0) is 21.5. The van der Waals surface area contributed by atoms with E-state index in [2.05, 4.69) is 39.9 Å². The lowest BCUT2D eigenvalue weighted by Gasteiger charge is -2.23. The van der Waals surface area contributed by atoms with Crippen LogP contribution in [0.1, 0.15) is 44.6 Å². The zero-order valence-corrected chi connectivity index (χ0v) is 18.7. The molecule has 162 valence electrons. The second kappa shape index (κ2) is 10.5. The van der Waals surface area contributed by atoms with E-state index in [0.29, 0.717) is 11.2 Å². The van der Waals surface area contributed by atoms with Gasteiger partial charge in [0.15, 0.2) is 5.16 Å². The van der Waals surface area contributed by atoms with Gasteiger partial charge in [-0.15, -0.1) is 10.2 Å². The van der Waals surface area contributed by atoms with Gasteiger partial charge in [-0.05, 0) is 55.2 Å². The van der Waals surface area contributed by atoms with E-state index >= 15 is 0 Å². The van der Waals surface area contributed by atoms with Crippen molar-refractivity contribution in [1.29, 1.82) is 0 Å². The number of hydrogen-bond donors (Lipinski definition) is 2. The van der Waals surface area contributed by atoms with Crippen LogP contribution < -0.4 is 10.6 Å². The summed E-state index contributed by atoms with van der Waals surface area (Å²) in [4.78, 5) is 12.5. The van der Waals surface area contributed by atoms with Gasteiger partial charge in [0.05, 0.1) is 11.4 Å². The number of aromatic nitrogens is 3. The van der Waals surface area contributed by atoms with E-state index in [1.54, 1.807) is 6.33 Å². The normalized spacial score (nSPS) is 14.4. The Hall–Kier alpha value is -2.80. The van der Waals surface area contributed by atoms with Crippen molar-refractivity contribution in [2.24, 2.45) is 0 Å². The van der Waals surface area contributed by atoms with Crippen LogP contribution in [0.15, 0.2) is 60.0 Å². The first kappa shape index (κ1) is 21.4. The molecular weight excluding hydrogens is 406 g/mol. The van der Waals surface area contributed by atoms with Crippen molar-refractivity contribution >= 4 is 29.0 Å². The molecule has 1 heterocycles. The first-order valence-electron chi connectivity index (χ1n) is 11.0. The minimum Gasteiger partial charge on any atom is -0.382 e. The number of hydrogen-bond acceptors (Lipinski definition) is 5. The number of thioether (sulfide) groups is 1. The molecule has 3 aromatic rings. The van der Waals surface area contributed by atoms with Crippen LogP contribution in [0.4, 0.5) is 11.4 Å². The molecule has 1 amide bonds. The lowest BCUT2D eigenvalue weighted by Crippen LogP contribution is -2.22. The Labute approximate surface area is 187 Å². The lowest BCUT2D eigenvalue weighted by molar-refractivity contribution is -0.113. The average Bonchev–Trinajstić information content (AvgIpc) is 3.28. The molecule has 7 heteroatoms. The molecule has 1 fully saturated rings. The second-order valence-electron chi connectivity index (χ2n) is 7.86. The Bertz CT molecular complexity index is 995. The summed E-state index contributed by atoms with van der Waals surface area (Å²) in [6.45, 7) is 2.12. The smallest absolute Gasteiger partial charge is 0.234 e. The van der Waals surface area contributed by atoms with E-state index in [1.807, 2.05) is 41.0 Å². The van der Waals surface area contributed by atoms with E-state index in [0.717, 1.165) is 23.5 Å². The molecule has 1 saturated carbocycles. The second-order valence-corrected chi connectivity index (χ2v) is 8.80. The fourth-order valence-electron chi connectivity index (χ4n) is 3.99. The van der Waals surface area contributed by atoms with Crippen LogP contribution in [-0.2, 0) is 11.2 Å². The molecule has 0 spiro atoms. The maximum atomic E-state index is 12.5. The van der Waals surface area contributed by atoms with Crippen LogP contribution in [0.3, 0.4) is 0 Å². The molecule has 31 heavy (non-hydrogen) atoms. The molecule has 1 aliphatic rings. The van der Waals surface area contributed by atoms with Gasteiger partial charge in [-0.1, -0.05) is 56.1 Å². The first-order valence-corrected chi connectivity index (χ1v) is 12.0. The third-order valence-electron chi connectivity index (χ3n) is 5.63. The monoisotopic (exact) mass is 435 g/mol. The summed E-state index contributed by atoms with van der Waals surface area (Å²) in [6.07, 6.45) is 9.06. The molecule has 0 aliphatic heterocycles. The largest absolute Gasteiger partial charge is 0.382 e. The highest BCUT2D eigenvalue weighted by Gasteiger charge is 2.14. The minimum atomic E-state index is -0.0590. The number of aryl methyl sites for hydroxylation is 1. The molecule has 0 atom stereocenters. The van der Waals surface area contributed by atoms with Gasteiger partial charge in [0, 0.05) is 17.4 Å². The number of anilines is 2. The molecule has 0 unspecified atom stereocenters. The summed E-state index contributed by atoms with van der Waals surface area (Å²) >= 11 is 1.39. The maximum Gasteiger partial charge on any atom is 0.234 e. The molecule has 0 bridgehead atoms. The number of rotatable bonds is 8. The number of nitrogens with zero attached hydrogens (tertiary/aromatic N) is 3. The Morgan fingerprint density at radius 1 is 1.06 bits per heavy atom. The average molecular weight is 436 g/mol. The summed E-state index contributed by atoms with van der Waals surface area (Å²) in [5.74, 6) is 0.214. The predicted molar refractivity (Wildman–Crippen MR) is 127 cm³/mol. The highest BCUT2D eigenvalue weighted by Crippen LogP contribution is 2.24. The van der Waals surface area contributed by atoms with Gasteiger partial charge in [-0.2, -0.15) is 0 Å². The van der Waals surface area contributed by atoms with Crippen LogP contribution in [0.5, 0.6) is 0 Å². The predicted octanol–water partition coefficient (Wildman–Crippen LogP) is 5.31. The van der Waals surface area contributed by atoms with Crippen LogP contribution in [0.2, 0.25) is 0 Å². The Morgan fingerprint density at radius 2 is 1.81 bits per heavy atom. The number of carbonyl (C=O) groups excluding carboxylic acids is 1. The number of nitrogens with one attached hydrogen (secondary N) is 2. The summed E-state index contributed by atoms with van der Waals surface area (Å²) in [5.41, 5.74) is 4.19. The molecule has 0 saturated heterocycles. The third kappa shape index (κ3) is 5.67. The van der Waals surface area contributed by atoms with Gasteiger partial charge in [-0.25, -0.2) is 0 Å². The Morgan fingerprint density at radius 3 is 2.58 bits per heavy atom. The maximum absolute atomic E-state index is 12.5. The van der Waals surface area contributed by atoms with E-state index in [-0.39, 0.29) is 11.7 Å². The lowest BCUT2D eigenvalue weighted by atomic mass is 9.95. The van der Waals surface area contributed by atoms with Gasteiger partial charge in [-0.3, -0.25) is 9.36 Å². The highest BCUT2D eigenvalue weighted by atomic mass is 32.2. The van der Waals surface area contributed by atoms with Crippen LogP contribution in [0, 0.1) is 0 Å². The quantitative estimate of drug-likeness (QED) is 0.470. The topological polar surface area (TPSA) is 71.8 Å². The Balaban J connectivity index is 1.31. The van der Waals surface area contributed by atoms with Crippen molar-refractivity contribution in [3.05, 3.63) is 60.4 Å². The van der Waals surface area contributed by atoms with Gasteiger partial charge in [0.2, 0.25) is 5.91 Å². The summed E-state index contributed by atoms with van der Waals surface area (Å²) in [6, 6.07) is 16.7. The number of carbonyl (C=O) groups is 1. The number of amides is 1. The highest BCUT2D eigenvalue weighted by molar-refractivity contribution is 7.99. The third-order valence-corrected chi connectivity index (χ3v) is 6.57. The van der Waals surface area contributed by atoms with Crippen molar-refractivity contribution in [1.82, 2.24) is 14.8 Å². The van der Waals surface area contributed by atoms with Crippen molar-refractivity contribution in [2.45, 2.75) is 56.6 Å². The van der Waals surface area contributed by atoms with Crippen molar-refractivity contribution < 1.29 is 4.79 Å². The van der Waals surface area contributed by atoms with Gasteiger partial charge in [0.25, 0.3) is 0 Å². The molecule has 2 aromatic carbocycles. The molecule has 6 nitrogen and oxygen atoms in total. The van der Waals surface area contributed by atoms with E-state index in [1.165, 1.54) is 49.4 Å². The zero-order valence-electron chi connectivity index (χ0n) is 17.9. The van der Waals surface area contributed by atoms with E-state index in [9.17, 15) is 4.79 Å².